The van der Waals surface area contributed by atoms with E-state index >= 15 is 0 Å². The van der Waals surface area contributed by atoms with Gasteiger partial charge in [0.2, 0.25) is 0 Å². The van der Waals surface area contributed by atoms with Crippen molar-refractivity contribution in [2.24, 2.45) is 7.05 Å². The van der Waals surface area contributed by atoms with Crippen LogP contribution in [0.2, 0.25) is 0 Å². The zero-order chi connectivity index (χ0) is 18.0. The van der Waals surface area contributed by atoms with Crippen LogP contribution in [0, 0.1) is 5.82 Å². The zero-order valence-corrected chi connectivity index (χ0v) is 13.5. The number of aromatic nitrogens is 4. The number of halogens is 1. The average molecular weight is 342 g/mol. The third-order valence-corrected chi connectivity index (χ3v) is 3.48. The number of carbonyl (C=O) groups excluding carboxylic acids is 2. The SMILES string of the molecule is CNC(=O)c1nn(C)cc1NC(=O)c1cc(-c2ccc(F)cc2)n[nH]1. The van der Waals surface area contributed by atoms with E-state index < -0.39 is 11.8 Å². The van der Waals surface area contributed by atoms with Crippen molar-refractivity contribution in [1.29, 1.82) is 0 Å². The molecule has 3 aromatic rings. The minimum absolute atomic E-state index is 0.108. The molecule has 2 aromatic heterocycles. The van der Waals surface area contributed by atoms with Gasteiger partial charge in [-0.1, -0.05) is 0 Å². The van der Waals surface area contributed by atoms with Crippen molar-refractivity contribution in [1.82, 2.24) is 25.3 Å². The van der Waals surface area contributed by atoms with Gasteiger partial charge in [-0.05, 0) is 30.3 Å². The van der Waals surface area contributed by atoms with Gasteiger partial charge in [0.25, 0.3) is 11.8 Å². The van der Waals surface area contributed by atoms with Crippen LogP contribution in [-0.4, -0.2) is 38.8 Å². The molecule has 0 aliphatic heterocycles. The molecule has 2 amide bonds. The highest BCUT2D eigenvalue weighted by Gasteiger charge is 2.19. The van der Waals surface area contributed by atoms with Crippen molar-refractivity contribution in [2.75, 3.05) is 12.4 Å². The lowest BCUT2D eigenvalue weighted by Gasteiger charge is -2.02. The summed E-state index contributed by atoms with van der Waals surface area (Å²) in [6.07, 6.45) is 1.53. The molecule has 25 heavy (non-hydrogen) atoms. The van der Waals surface area contributed by atoms with Crippen LogP contribution < -0.4 is 10.6 Å². The monoisotopic (exact) mass is 342 g/mol. The molecule has 9 heteroatoms. The van der Waals surface area contributed by atoms with Gasteiger partial charge in [0.05, 0.1) is 11.4 Å². The Bertz CT molecular complexity index is 929. The number of hydrogen-bond acceptors (Lipinski definition) is 4. The van der Waals surface area contributed by atoms with Crippen LogP contribution in [0.15, 0.2) is 36.5 Å². The molecule has 3 N–H and O–H groups in total. The Morgan fingerprint density at radius 3 is 2.60 bits per heavy atom. The molecule has 0 saturated carbocycles. The van der Waals surface area contributed by atoms with Crippen LogP contribution in [0.1, 0.15) is 21.0 Å². The molecule has 0 unspecified atom stereocenters. The van der Waals surface area contributed by atoms with Crippen molar-refractivity contribution in [3.63, 3.8) is 0 Å². The Hall–Kier alpha value is -3.49. The number of aromatic amines is 1. The molecule has 8 nitrogen and oxygen atoms in total. The van der Waals surface area contributed by atoms with Gasteiger partial charge < -0.3 is 10.6 Å². The van der Waals surface area contributed by atoms with Crippen LogP contribution in [0.4, 0.5) is 10.1 Å². The van der Waals surface area contributed by atoms with Gasteiger partial charge in [0.15, 0.2) is 5.69 Å². The molecule has 0 aliphatic carbocycles. The second-order valence-electron chi connectivity index (χ2n) is 5.27. The van der Waals surface area contributed by atoms with Crippen LogP contribution >= 0.6 is 0 Å². The van der Waals surface area contributed by atoms with Crippen LogP contribution in [0.25, 0.3) is 11.3 Å². The molecule has 0 spiro atoms. The fourth-order valence-corrected chi connectivity index (χ4v) is 2.26. The van der Waals surface area contributed by atoms with E-state index in [0.717, 1.165) is 0 Å². The molecule has 0 aliphatic rings. The molecular weight excluding hydrogens is 327 g/mol. The fourth-order valence-electron chi connectivity index (χ4n) is 2.26. The topological polar surface area (TPSA) is 105 Å². The van der Waals surface area contributed by atoms with Gasteiger partial charge in [-0.3, -0.25) is 19.4 Å². The summed E-state index contributed by atoms with van der Waals surface area (Å²) < 4.78 is 14.4. The summed E-state index contributed by atoms with van der Waals surface area (Å²) in [5.41, 5.74) is 1.76. The molecule has 2 heterocycles. The molecule has 0 saturated heterocycles. The number of anilines is 1. The van der Waals surface area contributed by atoms with Crippen molar-refractivity contribution < 1.29 is 14.0 Å². The lowest BCUT2D eigenvalue weighted by atomic mass is 10.1. The number of aryl methyl sites for hydroxylation is 1. The first-order valence-corrected chi connectivity index (χ1v) is 7.36. The van der Waals surface area contributed by atoms with Gasteiger partial charge in [0.1, 0.15) is 11.5 Å². The number of rotatable bonds is 4. The predicted molar refractivity (Wildman–Crippen MR) is 88.5 cm³/mol. The lowest BCUT2D eigenvalue weighted by Crippen LogP contribution is -2.21. The van der Waals surface area contributed by atoms with E-state index in [4.69, 9.17) is 0 Å². The van der Waals surface area contributed by atoms with E-state index in [-0.39, 0.29) is 22.9 Å². The Morgan fingerprint density at radius 2 is 1.92 bits per heavy atom. The average Bonchev–Trinajstić information content (AvgIpc) is 3.22. The Balaban J connectivity index is 1.81. The number of hydrogen-bond donors (Lipinski definition) is 3. The number of H-pyrrole nitrogens is 1. The maximum Gasteiger partial charge on any atom is 0.273 e. The third kappa shape index (κ3) is 3.39. The van der Waals surface area contributed by atoms with Gasteiger partial charge in [-0.15, -0.1) is 0 Å². The summed E-state index contributed by atoms with van der Waals surface area (Å²) in [4.78, 5) is 24.2. The molecule has 0 bridgehead atoms. The highest BCUT2D eigenvalue weighted by molar-refractivity contribution is 6.07. The fraction of sp³-hybridized carbons (Fsp3) is 0.125. The first-order valence-electron chi connectivity index (χ1n) is 7.36. The maximum absolute atomic E-state index is 13.0. The van der Waals surface area contributed by atoms with E-state index in [0.29, 0.717) is 11.3 Å². The van der Waals surface area contributed by atoms with E-state index in [2.05, 4.69) is 25.9 Å². The van der Waals surface area contributed by atoms with Crippen LogP contribution in [0.5, 0.6) is 0 Å². The zero-order valence-electron chi connectivity index (χ0n) is 13.5. The van der Waals surface area contributed by atoms with Crippen molar-refractivity contribution >= 4 is 17.5 Å². The quantitative estimate of drug-likeness (QED) is 0.669. The molecule has 128 valence electrons. The lowest BCUT2D eigenvalue weighted by molar-refractivity contribution is 0.0958. The van der Waals surface area contributed by atoms with Gasteiger partial charge in [-0.25, -0.2) is 4.39 Å². The van der Waals surface area contributed by atoms with Crippen LogP contribution in [-0.2, 0) is 7.05 Å². The number of nitrogens with zero attached hydrogens (tertiary/aromatic N) is 3. The number of carbonyl (C=O) groups is 2. The van der Waals surface area contributed by atoms with Crippen molar-refractivity contribution in [3.05, 3.63) is 53.7 Å². The Labute approximate surface area is 142 Å². The predicted octanol–water partition coefficient (Wildman–Crippen LogP) is 1.56. The summed E-state index contributed by atoms with van der Waals surface area (Å²) >= 11 is 0. The molecule has 0 atom stereocenters. The van der Waals surface area contributed by atoms with Gasteiger partial charge in [-0.2, -0.15) is 10.2 Å². The number of nitrogens with one attached hydrogen (secondary N) is 3. The second-order valence-corrected chi connectivity index (χ2v) is 5.27. The smallest absolute Gasteiger partial charge is 0.273 e. The minimum atomic E-state index is -0.473. The number of benzene rings is 1. The van der Waals surface area contributed by atoms with E-state index in [9.17, 15) is 14.0 Å². The van der Waals surface area contributed by atoms with Crippen molar-refractivity contribution in [3.8, 4) is 11.3 Å². The summed E-state index contributed by atoms with van der Waals surface area (Å²) in [7, 11) is 3.12. The first-order chi connectivity index (χ1) is 12.0. The maximum atomic E-state index is 13.0. The molecule has 1 aromatic carbocycles. The first kappa shape index (κ1) is 16.4. The highest BCUT2D eigenvalue weighted by Crippen LogP contribution is 2.19. The molecular formula is C16H15FN6O2. The second kappa shape index (κ2) is 6.56. The largest absolute Gasteiger partial charge is 0.354 e. The van der Waals surface area contributed by atoms with Crippen molar-refractivity contribution in [2.45, 2.75) is 0 Å². The summed E-state index contributed by atoms with van der Waals surface area (Å²) in [6.45, 7) is 0. The van der Waals surface area contributed by atoms with Gasteiger partial charge in [0, 0.05) is 25.9 Å². The molecule has 0 fully saturated rings. The highest BCUT2D eigenvalue weighted by atomic mass is 19.1. The third-order valence-electron chi connectivity index (χ3n) is 3.48. The van der Waals surface area contributed by atoms with E-state index in [1.165, 1.54) is 30.1 Å². The summed E-state index contributed by atoms with van der Waals surface area (Å²) in [5.74, 6) is -1.23. The Kier molecular flexibility index (Phi) is 4.29. The van der Waals surface area contributed by atoms with E-state index in [1.54, 1.807) is 25.2 Å². The van der Waals surface area contributed by atoms with Crippen LogP contribution in [0.3, 0.4) is 0 Å². The number of amides is 2. The Morgan fingerprint density at radius 1 is 1.20 bits per heavy atom. The van der Waals surface area contributed by atoms with E-state index in [1.807, 2.05) is 0 Å². The molecule has 3 rings (SSSR count). The summed E-state index contributed by atoms with van der Waals surface area (Å²) in [6, 6.07) is 7.30. The standard InChI is InChI=1S/C16H15FN6O2/c1-18-16(25)14-13(8-23(2)22-14)19-15(24)12-7-11(20-21-12)9-3-5-10(17)6-4-9/h3-8H,1-2H3,(H,18,25)(H,19,24)(H,20,21). The minimum Gasteiger partial charge on any atom is -0.354 e. The normalized spacial score (nSPS) is 10.5. The van der Waals surface area contributed by atoms with Gasteiger partial charge >= 0.3 is 0 Å². The molecule has 0 radical (unpaired) electrons. The summed E-state index contributed by atoms with van der Waals surface area (Å²) in [5, 5.41) is 15.8.